The molecule has 5 nitrogen and oxygen atoms in total. The molecule has 0 aliphatic rings. The molecule has 0 spiro atoms. The number of hydrogen-bond donors (Lipinski definition) is 1. The lowest BCUT2D eigenvalue weighted by Gasteiger charge is -2.25. The molecule has 0 fully saturated rings. The van der Waals surface area contributed by atoms with Crippen molar-refractivity contribution in [3.8, 4) is 11.1 Å². The van der Waals surface area contributed by atoms with Gasteiger partial charge in [-0.05, 0) is 34.9 Å². The predicted octanol–water partition coefficient (Wildman–Crippen LogP) is 4.02. The molecule has 3 aromatic carbocycles. The Bertz CT molecular complexity index is 1050. The van der Waals surface area contributed by atoms with Gasteiger partial charge in [-0.25, -0.2) is 13.2 Å². The van der Waals surface area contributed by atoms with Crippen LogP contribution in [0.1, 0.15) is 15.9 Å². The van der Waals surface area contributed by atoms with E-state index in [1.54, 1.807) is 36.4 Å². The summed E-state index contributed by atoms with van der Waals surface area (Å²) in [5.41, 5.74) is 2.54. The minimum absolute atomic E-state index is 0.0739. The van der Waals surface area contributed by atoms with Crippen molar-refractivity contribution in [2.45, 2.75) is 6.54 Å². The van der Waals surface area contributed by atoms with E-state index < -0.39 is 16.0 Å². The first-order valence-electron chi connectivity index (χ1n) is 8.31. The highest BCUT2D eigenvalue weighted by molar-refractivity contribution is 7.92. The average Bonchev–Trinajstić information content (AvgIpc) is 2.66. The Morgan fingerprint density at radius 1 is 0.889 bits per heavy atom. The molecule has 6 heteroatoms. The van der Waals surface area contributed by atoms with Crippen LogP contribution in [0.3, 0.4) is 0 Å². The van der Waals surface area contributed by atoms with Gasteiger partial charge in [-0.2, -0.15) is 0 Å². The van der Waals surface area contributed by atoms with Crippen molar-refractivity contribution < 1.29 is 18.3 Å². The largest absolute Gasteiger partial charge is 0.478 e. The van der Waals surface area contributed by atoms with Crippen LogP contribution in [0.2, 0.25) is 0 Å². The van der Waals surface area contributed by atoms with Crippen molar-refractivity contribution in [3.63, 3.8) is 0 Å². The van der Waals surface area contributed by atoms with Crippen LogP contribution < -0.4 is 4.31 Å². The summed E-state index contributed by atoms with van der Waals surface area (Å²) in [6, 6.07) is 23.0. The van der Waals surface area contributed by atoms with Gasteiger partial charge in [-0.1, -0.05) is 60.7 Å². The van der Waals surface area contributed by atoms with Crippen LogP contribution in [0, 0.1) is 0 Å². The third kappa shape index (κ3) is 4.17. The van der Waals surface area contributed by atoms with Crippen molar-refractivity contribution in [1.29, 1.82) is 0 Å². The zero-order valence-electron chi connectivity index (χ0n) is 14.7. The summed E-state index contributed by atoms with van der Waals surface area (Å²) in [5.74, 6) is -1.09. The molecule has 0 saturated heterocycles. The molecule has 0 aliphatic carbocycles. The van der Waals surface area contributed by atoms with E-state index in [1.807, 2.05) is 36.4 Å². The summed E-state index contributed by atoms with van der Waals surface area (Å²) in [6.45, 7) is -0.0739. The molecular weight excluding hydrogens is 362 g/mol. The minimum atomic E-state index is -3.62. The molecule has 0 saturated carbocycles. The molecule has 0 amide bonds. The molecule has 1 N–H and O–H groups in total. The quantitative estimate of drug-likeness (QED) is 0.700. The smallest absolute Gasteiger partial charge is 0.336 e. The van der Waals surface area contributed by atoms with Crippen LogP contribution in [0.15, 0.2) is 78.9 Å². The van der Waals surface area contributed by atoms with Crippen LogP contribution in [-0.2, 0) is 16.6 Å². The summed E-state index contributed by atoms with van der Waals surface area (Å²) in [4.78, 5) is 11.8. The molecule has 27 heavy (non-hydrogen) atoms. The van der Waals surface area contributed by atoms with Gasteiger partial charge in [0.05, 0.1) is 24.1 Å². The summed E-state index contributed by atoms with van der Waals surface area (Å²) >= 11 is 0. The molecule has 138 valence electrons. The highest BCUT2D eigenvalue weighted by atomic mass is 32.2. The number of nitrogens with zero attached hydrogens (tertiary/aromatic N) is 1. The molecular formula is C21H19NO4S. The van der Waals surface area contributed by atoms with Crippen molar-refractivity contribution >= 4 is 21.7 Å². The molecule has 3 rings (SSSR count). The summed E-state index contributed by atoms with van der Waals surface area (Å²) in [6.07, 6.45) is 1.12. The van der Waals surface area contributed by atoms with E-state index in [0.717, 1.165) is 11.8 Å². The Kier molecular flexibility index (Phi) is 5.28. The van der Waals surface area contributed by atoms with E-state index in [0.29, 0.717) is 16.8 Å². The maximum absolute atomic E-state index is 12.4. The van der Waals surface area contributed by atoms with E-state index in [2.05, 4.69) is 0 Å². The first-order valence-corrected chi connectivity index (χ1v) is 10.2. The van der Waals surface area contributed by atoms with Crippen LogP contribution in [0.4, 0.5) is 5.69 Å². The first-order chi connectivity index (χ1) is 12.9. The molecule has 0 unspecified atom stereocenters. The monoisotopic (exact) mass is 381 g/mol. The summed E-state index contributed by atoms with van der Waals surface area (Å²) in [5, 5.41) is 9.66. The lowest BCUT2D eigenvalue weighted by atomic mass is 9.95. The standard InChI is InChI=1S/C21H19NO4S/c1-27(25,26)22(17-11-6-3-7-12-17)15-20-18(16-9-4-2-5-10-16)13-8-14-19(20)21(23)24/h2-14H,15H2,1H3,(H,23,24). The number of carbonyl (C=O) groups is 1. The fourth-order valence-electron chi connectivity index (χ4n) is 2.98. The minimum Gasteiger partial charge on any atom is -0.478 e. The molecule has 0 aromatic heterocycles. The van der Waals surface area contributed by atoms with Gasteiger partial charge in [-0.3, -0.25) is 4.31 Å². The van der Waals surface area contributed by atoms with Gasteiger partial charge in [0.1, 0.15) is 0 Å². The fourth-order valence-corrected chi connectivity index (χ4v) is 3.85. The number of anilines is 1. The number of aromatic carboxylic acids is 1. The van der Waals surface area contributed by atoms with Gasteiger partial charge in [0.15, 0.2) is 0 Å². The van der Waals surface area contributed by atoms with Gasteiger partial charge < -0.3 is 5.11 Å². The molecule has 0 atom stereocenters. The Hall–Kier alpha value is -3.12. The number of benzene rings is 3. The topological polar surface area (TPSA) is 74.7 Å². The molecule has 0 heterocycles. The first kappa shape index (κ1) is 18.7. The average molecular weight is 381 g/mol. The van der Waals surface area contributed by atoms with Crippen LogP contribution >= 0.6 is 0 Å². The second kappa shape index (κ2) is 7.63. The van der Waals surface area contributed by atoms with E-state index in [-0.39, 0.29) is 12.1 Å². The number of sulfonamides is 1. The third-order valence-corrected chi connectivity index (χ3v) is 5.38. The number of hydrogen-bond acceptors (Lipinski definition) is 3. The van der Waals surface area contributed by atoms with Gasteiger partial charge in [-0.15, -0.1) is 0 Å². The fraction of sp³-hybridized carbons (Fsp3) is 0.0952. The molecule has 0 radical (unpaired) electrons. The lowest BCUT2D eigenvalue weighted by molar-refractivity contribution is 0.0695. The van der Waals surface area contributed by atoms with Gasteiger partial charge in [0.25, 0.3) is 0 Å². The number of para-hydroxylation sites is 1. The second-order valence-electron chi connectivity index (χ2n) is 6.11. The van der Waals surface area contributed by atoms with Gasteiger partial charge >= 0.3 is 5.97 Å². The zero-order chi connectivity index (χ0) is 19.4. The van der Waals surface area contributed by atoms with Crippen LogP contribution in [0.5, 0.6) is 0 Å². The highest BCUT2D eigenvalue weighted by Gasteiger charge is 2.23. The molecule has 0 bridgehead atoms. The predicted molar refractivity (Wildman–Crippen MR) is 106 cm³/mol. The lowest BCUT2D eigenvalue weighted by Crippen LogP contribution is -2.30. The number of carboxylic acid groups (broad SMARTS) is 1. The van der Waals surface area contributed by atoms with E-state index in [9.17, 15) is 18.3 Å². The van der Waals surface area contributed by atoms with Crippen molar-refractivity contribution in [2.24, 2.45) is 0 Å². The SMILES string of the molecule is CS(=O)(=O)N(Cc1c(C(=O)O)cccc1-c1ccccc1)c1ccccc1. The van der Waals surface area contributed by atoms with E-state index in [1.165, 1.54) is 10.4 Å². The maximum atomic E-state index is 12.4. The molecule has 0 aliphatic heterocycles. The Morgan fingerprint density at radius 3 is 2.04 bits per heavy atom. The van der Waals surface area contributed by atoms with Crippen LogP contribution in [-0.4, -0.2) is 25.7 Å². The third-order valence-electron chi connectivity index (χ3n) is 4.24. The summed E-state index contributed by atoms with van der Waals surface area (Å²) < 4.78 is 26.1. The van der Waals surface area contributed by atoms with Crippen molar-refractivity contribution in [1.82, 2.24) is 0 Å². The van der Waals surface area contributed by atoms with E-state index >= 15 is 0 Å². The Labute approximate surface area is 158 Å². The zero-order valence-corrected chi connectivity index (χ0v) is 15.6. The second-order valence-corrected chi connectivity index (χ2v) is 8.01. The van der Waals surface area contributed by atoms with Gasteiger partial charge in [0.2, 0.25) is 10.0 Å². The van der Waals surface area contributed by atoms with Crippen molar-refractivity contribution in [2.75, 3.05) is 10.6 Å². The number of carboxylic acids is 1. The molecule has 3 aromatic rings. The summed E-state index contributed by atoms with van der Waals surface area (Å²) in [7, 11) is -3.62. The van der Waals surface area contributed by atoms with Crippen LogP contribution in [0.25, 0.3) is 11.1 Å². The van der Waals surface area contributed by atoms with Gasteiger partial charge in [0, 0.05) is 0 Å². The maximum Gasteiger partial charge on any atom is 0.336 e. The number of rotatable bonds is 6. The van der Waals surface area contributed by atoms with Crippen molar-refractivity contribution in [3.05, 3.63) is 90.0 Å². The Balaban J connectivity index is 2.18. The highest BCUT2D eigenvalue weighted by Crippen LogP contribution is 2.30. The normalized spacial score (nSPS) is 11.1. The van der Waals surface area contributed by atoms with E-state index in [4.69, 9.17) is 0 Å². The Morgan fingerprint density at radius 2 is 1.48 bits per heavy atom.